The molecule has 0 radical (unpaired) electrons. The van der Waals surface area contributed by atoms with Crippen molar-refractivity contribution in [3.8, 4) is 0 Å². The highest BCUT2D eigenvalue weighted by molar-refractivity contribution is 8.00. The molecule has 1 fully saturated rings. The molecule has 1 aromatic heterocycles. The van der Waals surface area contributed by atoms with Crippen LogP contribution >= 0.6 is 23.1 Å². The summed E-state index contributed by atoms with van der Waals surface area (Å²) in [5.41, 5.74) is 7.46. The van der Waals surface area contributed by atoms with Crippen LogP contribution in [0.5, 0.6) is 0 Å². The van der Waals surface area contributed by atoms with Crippen LogP contribution in [0.1, 0.15) is 31.1 Å². The zero-order valence-corrected chi connectivity index (χ0v) is 11.4. The number of hydrogen-bond donors (Lipinski definition) is 1. The monoisotopic (exact) mass is 257 g/mol. The van der Waals surface area contributed by atoms with Gasteiger partial charge in [-0.05, 0) is 42.7 Å². The summed E-state index contributed by atoms with van der Waals surface area (Å²) in [5.74, 6) is 0. The predicted octanol–water partition coefficient (Wildman–Crippen LogP) is 3.05. The van der Waals surface area contributed by atoms with Gasteiger partial charge in [0.05, 0.1) is 6.10 Å². The van der Waals surface area contributed by atoms with Gasteiger partial charge in [0.15, 0.2) is 0 Å². The molecule has 90 valence electrons. The summed E-state index contributed by atoms with van der Waals surface area (Å²) in [6, 6.07) is 2.37. The summed E-state index contributed by atoms with van der Waals surface area (Å²) >= 11 is 3.73. The molecule has 2 heterocycles. The van der Waals surface area contributed by atoms with Crippen LogP contribution in [-0.2, 0) is 4.74 Å². The fourth-order valence-electron chi connectivity index (χ4n) is 2.02. The SMILES string of the molecule is CC(N)C(SC1CCOC1C)c1ccsc1. The Labute approximate surface area is 106 Å². The van der Waals surface area contributed by atoms with E-state index in [1.165, 1.54) is 5.56 Å². The van der Waals surface area contributed by atoms with E-state index in [9.17, 15) is 0 Å². The standard InChI is InChI=1S/C12H19NOS2/c1-8(13)12(10-4-6-15-7-10)16-11-3-5-14-9(11)2/h4,6-9,11-12H,3,5,13H2,1-2H3. The maximum Gasteiger partial charge on any atom is 0.0666 e. The Kier molecular flexibility index (Phi) is 4.30. The first-order valence-corrected chi connectivity index (χ1v) is 7.62. The number of hydrogen-bond acceptors (Lipinski definition) is 4. The summed E-state index contributed by atoms with van der Waals surface area (Å²) in [7, 11) is 0. The van der Waals surface area contributed by atoms with Crippen LogP contribution in [0.2, 0.25) is 0 Å². The molecule has 0 aliphatic carbocycles. The molecule has 0 spiro atoms. The molecule has 4 unspecified atom stereocenters. The third-order valence-corrected chi connectivity index (χ3v) is 5.64. The first-order chi connectivity index (χ1) is 7.68. The predicted molar refractivity (Wildman–Crippen MR) is 72.1 cm³/mol. The quantitative estimate of drug-likeness (QED) is 0.900. The molecule has 0 amide bonds. The van der Waals surface area contributed by atoms with Crippen molar-refractivity contribution in [3.63, 3.8) is 0 Å². The van der Waals surface area contributed by atoms with Gasteiger partial charge in [0.25, 0.3) is 0 Å². The number of rotatable bonds is 4. The van der Waals surface area contributed by atoms with Crippen LogP contribution < -0.4 is 5.73 Å². The Morgan fingerprint density at radius 3 is 2.94 bits per heavy atom. The van der Waals surface area contributed by atoms with Crippen LogP contribution in [0, 0.1) is 0 Å². The van der Waals surface area contributed by atoms with Crippen molar-refractivity contribution in [2.75, 3.05) is 6.61 Å². The molecule has 16 heavy (non-hydrogen) atoms. The van der Waals surface area contributed by atoms with E-state index < -0.39 is 0 Å². The van der Waals surface area contributed by atoms with E-state index in [0.717, 1.165) is 13.0 Å². The maximum absolute atomic E-state index is 6.09. The zero-order valence-electron chi connectivity index (χ0n) is 9.76. The molecule has 1 aliphatic heterocycles. The molecule has 4 heteroatoms. The smallest absolute Gasteiger partial charge is 0.0666 e. The highest BCUT2D eigenvalue weighted by Crippen LogP contribution is 2.40. The molecule has 2 nitrogen and oxygen atoms in total. The van der Waals surface area contributed by atoms with Crippen molar-refractivity contribution in [1.29, 1.82) is 0 Å². The van der Waals surface area contributed by atoms with Gasteiger partial charge in [-0.2, -0.15) is 11.3 Å². The van der Waals surface area contributed by atoms with Gasteiger partial charge in [0.1, 0.15) is 0 Å². The molecule has 2 N–H and O–H groups in total. The fraction of sp³-hybridized carbons (Fsp3) is 0.667. The maximum atomic E-state index is 6.09. The molecule has 0 aromatic carbocycles. The molecule has 2 rings (SSSR count). The molecular formula is C12H19NOS2. The van der Waals surface area contributed by atoms with Crippen LogP contribution in [0.3, 0.4) is 0 Å². The van der Waals surface area contributed by atoms with Crippen LogP contribution in [-0.4, -0.2) is 24.0 Å². The second-order valence-electron chi connectivity index (χ2n) is 4.38. The second-order valence-corrected chi connectivity index (χ2v) is 6.54. The van der Waals surface area contributed by atoms with Gasteiger partial charge in [0.2, 0.25) is 0 Å². The minimum atomic E-state index is 0.187. The normalized spacial score (nSPS) is 29.2. The van der Waals surface area contributed by atoms with Gasteiger partial charge < -0.3 is 10.5 Å². The summed E-state index contributed by atoms with van der Waals surface area (Å²) in [6.07, 6.45) is 1.52. The first kappa shape index (κ1) is 12.4. The number of ether oxygens (including phenoxy) is 1. The fourth-order valence-corrected chi connectivity index (χ4v) is 4.27. The van der Waals surface area contributed by atoms with E-state index in [4.69, 9.17) is 10.5 Å². The highest BCUT2D eigenvalue weighted by atomic mass is 32.2. The summed E-state index contributed by atoms with van der Waals surface area (Å²) in [4.78, 5) is 0. The summed E-state index contributed by atoms with van der Waals surface area (Å²) in [6.45, 7) is 5.15. The van der Waals surface area contributed by atoms with Crippen LogP contribution in [0.15, 0.2) is 16.8 Å². The van der Waals surface area contributed by atoms with Crippen molar-refractivity contribution in [3.05, 3.63) is 22.4 Å². The van der Waals surface area contributed by atoms with E-state index in [0.29, 0.717) is 16.6 Å². The lowest BCUT2D eigenvalue weighted by molar-refractivity contribution is 0.127. The minimum Gasteiger partial charge on any atom is -0.377 e. The molecule has 1 saturated heterocycles. The molecule has 4 atom stereocenters. The largest absolute Gasteiger partial charge is 0.377 e. The Bertz CT molecular complexity index is 313. The van der Waals surface area contributed by atoms with Crippen molar-refractivity contribution < 1.29 is 4.74 Å². The molecule has 1 aromatic rings. The Balaban J connectivity index is 2.03. The molecule has 0 saturated carbocycles. The van der Waals surface area contributed by atoms with Crippen molar-refractivity contribution >= 4 is 23.1 Å². The topological polar surface area (TPSA) is 35.2 Å². The van der Waals surface area contributed by atoms with Crippen LogP contribution in [0.4, 0.5) is 0 Å². The van der Waals surface area contributed by atoms with E-state index >= 15 is 0 Å². The average molecular weight is 257 g/mol. The zero-order chi connectivity index (χ0) is 11.5. The highest BCUT2D eigenvalue weighted by Gasteiger charge is 2.29. The van der Waals surface area contributed by atoms with E-state index in [1.54, 1.807) is 11.3 Å². The van der Waals surface area contributed by atoms with Crippen LogP contribution in [0.25, 0.3) is 0 Å². The first-order valence-electron chi connectivity index (χ1n) is 5.73. The average Bonchev–Trinajstić information content (AvgIpc) is 2.85. The Morgan fingerprint density at radius 1 is 1.62 bits per heavy atom. The second kappa shape index (κ2) is 5.54. The lowest BCUT2D eigenvalue weighted by Crippen LogP contribution is -2.26. The van der Waals surface area contributed by atoms with Gasteiger partial charge in [0, 0.05) is 23.1 Å². The van der Waals surface area contributed by atoms with Gasteiger partial charge in [-0.1, -0.05) is 0 Å². The van der Waals surface area contributed by atoms with Gasteiger partial charge in [-0.25, -0.2) is 0 Å². The lowest BCUT2D eigenvalue weighted by atomic mass is 10.1. The summed E-state index contributed by atoms with van der Waals surface area (Å²) < 4.78 is 5.60. The lowest BCUT2D eigenvalue weighted by Gasteiger charge is -2.24. The van der Waals surface area contributed by atoms with E-state index in [2.05, 4.69) is 30.7 Å². The number of nitrogens with two attached hydrogens (primary N) is 1. The Hall–Kier alpha value is -0.0300. The van der Waals surface area contributed by atoms with E-state index in [1.807, 2.05) is 11.8 Å². The van der Waals surface area contributed by atoms with Gasteiger partial charge in [-0.3, -0.25) is 0 Å². The van der Waals surface area contributed by atoms with Crippen molar-refractivity contribution in [2.45, 2.75) is 42.9 Å². The third kappa shape index (κ3) is 2.80. The minimum absolute atomic E-state index is 0.187. The third-order valence-electron chi connectivity index (χ3n) is 2.98. The van der Waals surface area contributed by atoms with Gasteiger partial charge >= 0.3 is 0 Å². The van der Waals surface area contributed by atoms with E-state index in [-0.39, 0.29) is 6.04 Å². The van der Waals surface area contributed by atoms with Crippen molar-refractivity contribution in [2.24, 2.45) is 5.73 Å². The van der Waals surface area contributed by atoms with Crippen molar-refractivity contribution in [1.82, 2.24) is 0 Å². The number of thioether (sulfide) groups is 1. The summed E-state index contributed by atoms with van der Waals surface area (Å²) in [5, 5.41) is 5.33. The Morgan fingerprint density at radius 2 is 2.44 bits per heavy atom. The molecule has 1 aliphatic rings. The van der Waals surface area contributed by atoms with Gasteiger partial charge in [-0.15, -0.1) is 11.8 Å². The molecular weight excluding hydrogens is 238 g/mol. The number of thiophene rings is 1. The molecule has 0 bridgehead atoms.